The molecule has 0 aliphatic heterocycles. The number of hydrogen-bond donors (Lipinski definition) is 1. The summed E-state index contributed by atoms with van der Waals surface area (Å²) in [5.74, 6) is -0.536. The number of carbonyl (C=O) groups excluding carboxylic acids is 1. The fourth-order valence-corrected chi connectivity index (χ4v) is 1.84. The standard InChI is InChI=1S/C10H9N3OS/c1-6-2-4-7(5-3-6)9-12-13-10(15-9)8(11)14/h2-5H,1H3,(H2,11,14). The zero-order valence-corrected chi connectivity index (χ0v) is 8.91. The van der Waals surface area contributed by atoms with Crippen LogP contribution < -0.4 is 5.73 Å². The molecule has 15 heavy (non-hydrogen) atoms. The lowest BCUT2D eigenvalue weighted by molar-refractivity contribution is 0.0999. The topological polar surface area (TPSA) is 68.9 Å². The van der Waals surface area contributed by atoms with E-state index in [2.05, 4.69) is 10.2 Å². The van der Waals surface area contributed by atoms with Crippen LogP contribution in [0, 0.1) is 6.92 Å². The van der Waals surface area contributed by atoms with Gasteiger partial charge in [-0.15, -0.1) is 10.2 Å². The SMILES string of the molecule is Cc1ccc(-c2nnc(C(N)=O)s2)cc1. The van der Waals surface area contributed by atoms with Crippen LogP contribution in [0.1, 0.15) is 15.4 Å². The van der Waals surface area contributed by atoms with Gasteiger partial charge in [0, 0.05) is 5.56 Å². The number of hydrogen-bond acceptors (Lipinski definition) is 4. The molecule has 2 N–H and O–H groups in total. The molecular weight excluding hydrogens is 210 g/mol. The van der Waals surface area contributed by atoms with E-state index in [9.17, 15) is 4.79 Å². The number of rotatable bonds is 2. The smallest absolute Gasteiger partial charge is 0.279 e. The Morgan fingerprint density at radius 3 is 2.47 bits per heavy atom. The highest BCUT2D eigenvalue weighted by atomic mass is 32.1. The van der Waals surface area contributed by atoms with Crippen molar-refractivity contribution in [2.45, 2.75) is 6.92 Å². The van der Waals surface area contributed by atoms with Gasteiger partial charge in [-0.25, -0.2) is 0 Å². The van der Waals surface area contributed by atoms with Gasteiger partial charge in [0.05, 0.1) is 0 Å². The third kappa shape index (κ3) is 2.02. The van der Waals surface area contributed by atoms with Crippen LogP contribution in [-0.4, -0.2) is 16.1 Å². The molecule has 0 aliphatic rings. The van der Waals surface area contributed by atoms with E-state index in [1.54, 1.807) is 0 Å². The maximum Gasteiger partial charge on any atom is 0.279 e. The van der Waals surface area contributed by atoms with Gasteiger partial charge >= 0.3 is 0 Å². The van der Waals surface area contributed by atoms with Gasteiger partial charge in [-0.05, 0) is 6.92 Å². The molecule has 1 aromatic carbocycles. The Morgan fingerprint density at radius 2 is 1.93 bits per heavy atom. The minimum atomic E-state index is -0.536. The lowest BCUT2D eigenvalue weighted by Gasteiger charge is -1.94. The molecule has 0 spiro atoms. The van der Waals surface area contributed by atoms with Crippen LogP contribution in [0.5, 0.6) is 0 Å². The Hall–Kier alpha value is -1.75. The van der Waals surface area contributed by atoms with Crippen molar-refractivity contribution in [3.8, 4) is 10.6 Å². The van der Waals surface area contributed by atoms with E-state index in [1.807, 2.05) is 31.2 Å². The summed E-state index contributed by atoms with van der Waals surface area (Å²) < 4.78 is 0. The van der Waals surface area contributed by atoms with Crippen LogP contribution in [0.3, 0.4) is 0 Å². The zero-order valence-electron chi connectivity index (χ0n) is 8.10. The molecule has 0 aliphatic carbocycles. The van der Waals surface area contributed by atoms with Crippen molar-refractivity contribution in [1.29, 1.82) is 0 Å². The van der Waals surface area contributed by atoms with E-state index in [0.717, 1.165) is 5.56 Å². The van der Waals surface area contributed by atoms with E-state index in [4.69, 9.17) is 5.73 Å². The molecule has 1 amide bonds. The van der Waals surface area contributed by atoms with E-state index in [-0.39, 0.29) is 5.01 Å². The monoisotopic (exact) mass is 219 g/mol. The van der Waals surface area contributed by atoms with Gasteiger partial charge in [0.2, 0.25) is 5.01 Å². The molecule has 0 fully saturated rings. The fraction of sp³-hybridized carbons (Fsp3) is 0.100. The van der Waals surface area contributed by atoms with Crippen LogP contribution in [0.2, 0.25) is 0 Å². The normalized spacial score (nSPS) is 10.2. The second kappa shape index (κ2) is 3.78. The van der Waals surface area contributed by atoms with Gasteiger partial charge in [-0.2, -0.15) is 0 Å². The van der Waals surface area contributed by atoms with Gasteiger partial charge in [0.15, 0.2) is 0 Å². The first-order valence-corrected chi connectivity index (χ1v) is 5.19. The molecule has 5 heteroatoms. The Balaban J connectivity index is 2.37. The van der Waals surface area contributed by atoms with E-state index >= 15 is 0 Å². The quantitative estimate of drug-likeness (QED) is 0.834. The Morgan fingerprint density at radius 1 is 1.27 bits per heavy atom. The molecule has 2 rings (SSSR count). The van der Waals surface area contributed by atoms with Crippen molar-refractivity contribution in [2.24, 2.45) is 5.73 Å². The summed E-state index contributed by atoms with van der Waals surface area (Å²) in [7, 11) is 0. The summed E-state index contributed by atoms with van der Waals surface area (Å²) in [6.45, 7) is 2.01. The average molecular weight is 219 g/mol. The molecule has 4 nitrogen and oxygen atoms in total. The summed E-state index contributed by atoms with van der Waals surface area (Å²) in [6.07, 6.45) is 0. The minimum absolute atomic E-state index is 0.241. The van der Waals surface area contributed by atoms with Gasteiger partial charge in [-0.1, -0.05) is 41.2 Å². The first-order valence-electron chi connectivity index (χ1n) is 4.37. The third-order valence-corrected chi connectivity index (χ3v) is 2.92. The Bertz CT molecular complexity index is 490. The first-order chi connectivity index (χ1) is 7.16. The van der Waals surface area contributed by atoms with Crippen molar-refractivity contribution in [3.05, 3.63) is 34.8 Å². The summed E-state index contributed by atoms with van der Waals surface area (Å²) in [5.41, 5.74) is 7.23. The Labute approximate surface area is 90.8 Å². The van der Waals surface area contributed by atoms with Crippen molar-refractivity contribution < 1.29 is 4.79 Å². The third-order valence-electron chi connectivity index (χ3n) is 1.93. The molecule has 76 valence electrons. The number of amides is 1. The van der Waals surface area contributed by atoms with Crippen LogP contribution in [0.4, 0.5) is 0 Å². The number of aromatic nitrogens is 2. The highest BCUT2D eigenvalue weighted by Crippen LogP contribution is 2.23. The molecule has 0 bridgehead atoms. The second-order valence-electron chi connectivity index (χ2n) is 3.14. The summed E-state index contributed by atoms with van der Waals surface area (Å²) in [5, 5.41) is 8.57. The van der Waals surface area contributed by atoms with Crippen LogP contribution in [-0.2, 0) is 0 Å². The van der Waals surface area contributed by atoms with Crippen LogP contribution in [0.25, 0.3) is 10.6 Å². The summed E-state index contributed by atoms with van der Waals surface area (Å²) in [4.78, 5) is 10.8. The lowest BCUT2D eigenvalue weighted by atomic mass is 10.2. The molecule has 0 unspecified atom stereocenters. The second-order valence-corrected chi connectivity index (χ2v) is 4.12. The fourth-order valence-electron chi connectivity index (χ4n) is 1.14. The highest BCUT2D eigenvalue weighted by molar-refractivity contribution is 7.16. The molecule has 1 heterocycles. The molecule has 1 aromatic heterocycles. The van der Waals surface area contributed by atoms with Gasteiger partial charge in [0.1, 0.15) is 5.01 Å². The minimum Gasteiger partial charge on any atom is -0.363 e. The highest BCUT2D eigenvalue weighted by Gasteiger charge is 2.09. The molecule has 0 saturated carbocycles. The number of aryl methyl sites for hydroxylation is 1. The molecule has 2 aromatic rings. The van der Waals surface area contributed by atoms with E-state index < -0.39 is 5.91 Å². The first kappa shape index (κ1) is 9.79. The van der Waals surface area contributed by atoms with Gasteiger partial charge in [-0.3, -0.25) is 4.79 Å². The predicted molar refractivity (Wildman–Crippen MR) is 58.6 cm³/mol. The van der Waals surface area contributed by atoms with Crippen molar-refractivity contribution in [3.63, 3.8) is 0 Å². The summed E-state index contributed by atoms with van der Waals surface area (Å²) in [6, 6.07) is 7.86. The Kier molecular flexibility index (Phi) is 2.47. The number of benzene rings is 1. The zero-order chi connectivity index (χ0) is 10.8. The predicted octanol–water partition coefficient (Wildman–Crippen LogP) is 1.61. The molecule has 0 saturated heterocycles. The van der Waals surface area contributed by atoms with Gasteiger partial charge < -0.3 is 5.73 Å². The molecular formula is C10H9N3OS. The van der Waals surface area contributed by atoms with E-state index in [1.165, 1.54) is 16.9 Å². The lowest BCUT2D eigenvalue weighted by Crippen LogP contribution is -2.10. The van der Waals surface area contributed by atoms with Crippen molar-refractivity contribution >= 4 is 17.2 Å². The average Bonchev–Trinajstić information content (AvgIpc) is 2.68. The number of primary amides is 1. The van der Waals surface area contributed by atoms with Crippen LogP contribution in [0.15, 0.2) is 24.3 Å². The van der Waals surface area contributed by atoms with Crippen molar-refractivity contribution in [2.75, 3.05) is 0 Å². The summed E-state index contributed by atoms with van der Waals surface area (Å²) >= 11 is 1.20. The van der Waals surface area contributed by atoms with Crippen LogP contribution >= 0.6 is 11.3 Å². The number of carbonyl (C=O) groups is 1. The van der Waals surface area contributed by atoms with Gasteiger partial charge in [0.25, 0.3) is 5.91 Å². The number of nitrogens with zero attached hydrogens (tertiary/aromatic N) is 2. The van der Waals surface area contributed by atoms with E-state index in [0.29, 0.717) is 5.01 Å². The number of nitrogens with two attached hydrogens (primary N) is 1. The molecule has 0 radical (unpaired) electrons. The maximum absolute atomic E-state index is 10.8. The van der Waals surface area contributed by atoms with Crippen molar-refractivity contribution in [1.82, 2.24) is 10.2 Å². The maximum atomic E-state index is 10.8. The largest absolute Gasteiger partial charge is 0.363 e. The molecule has 0 atom stereocenters.